The fourth-order valence-corrected chi connectivity index (χ4v) is 3.28. The molecule has 0 aromatic heterocycles. The highest BCUT2D eigenvalue weighted by Gasteiger charge is 2.44. The first kappa shape index (κ1) is 16.9. The number of amides is 2. The van der Waals surface area contributed by atoms with Crippen molar-refractivity contribution >= 4 is 11.8 Å². The van der Waals surface area contributed by atoms with Crippen molar-refractivity contribution in [1.29, 1.82) is 0 Å². The zero-order valence-electron chi connectivity index (χ0n) is 13.8. The lowest BCUT2D eigenvalue weighted by Gasteiger charge is -2.45. The average molecular weight is 335 g/mol. The van der Waals surface area contributed by atoms with Gasteiger partial charge in [-0.2, -0.15) is 0 Å². The molecule has 2 heterocycles. The van der Waals surface area contributed by atoms with E-state index in [2.05, 4.69) is 5.32 Å². The molecule has 24 heavy (non-hydrogen) atoms. The van der Waals surface area contributed by atoms with Gasteiger partial charge in [-0.15, -0.1) is 0 Å². The first-order valence-corrected chi connectivity index (χ1v) is 8.13. The summed E-state index contributed by atoms with van der Waals surface area (Å²) in [6.45, 7) is 5.17. The first-order valence-electron chi connectivity index (χ1n) is 8.13. The number of piperazine rings is 2. The van der Waals surface area contributed by atoms with Crippen LogP contribution in [0.25, 0.3) is 0 Å². The Kier molecular flexibility index (Phi) is 4.56. The third kappa shape index (κ3) is 3.14. The van der Waals surface area contributed by atoms with E-state index in [1.807, 2.05) is 11.0 Å². The second kappa shape index (κ2) is 6.49. The van der Waals surface area contributed by atoms with Crippen molar-refractivity contribution in [2.75, 3.05) is 19.6 Å². The molecule has 2 fully saturated rings. The maximum atomic E-state index is 13.7. The molecule has 7 heteroatoms. The van der Waals surface area contributed by atoms with Gasteiger partial charge >= 0.3 is 0 Å². The van der Waals surface area contributed by atoms with Gasteiger partial charge in [0.15, 0.2) is 0 Å². The summed E-state index contributed by atoms with van der Waals surface area (Å²) >= 11 is 0. The molecule has 0 saturated carbocycles. The highest BCUT2D eigenvalue weighted by atomic mass is 19.1. The van der Waals surface area contributed by atoms with Gasteiger partial charge in [-0.25, -0.2) is 4.39 Å². The highest BCUT2D eigenvalue weighted by Crippen LogP contribution is 2.20. The average Bonchev–Trinajstić information content (AvgIpc) is 2.54. The standard InChI is InChI=1S/C17H22FN3O3/c1-10-3-4-12(7-13(10)18)8-20-5-6-21-14(9-20)16(23)19-15(11(2)22)17(21)24/h3-4,7,11,14-15,22H,5-6,8-9H2,1-2H3,(H,19,23)/t11-,14-,15+/m1/s1. The monoisotopic (exact) mass is 335 g/mol. The maximum absolute atomic E-state index is 13.7. The van der Waals surface area contributed by atoms with E-state index in [1.54, 1.807) is 17.9 Å². The van der Waals surface area contributed by atoms with Gasteiger partial charge in [0.25, 0.3) is 0 Å². The van der Waals surface area contributed by atoms with Crippen LogP contribution in [-0.2, 0) is 16.1 Å². The van der Waals surface area contributed by atoms with Crippen LogP contribution in [0.2, 0.25) is 0 Å². The van der Waals surface area contributed by atoms with E-state index in [-0.39, 0.29) is 17.6 Å². The lowest BCUT2D eigenvalue weighted by atomic mass is 10.0. The molecule has 0 aliphatic carbocycles. The van der Waals surface area contributed by atoms with Gasteiger partial charge < -0.3 is 15.3 Å². The van der Waals surface area contributed by atoms with E-state index in [0.717, 1.165) is 5.56 Å². The Morgan fingerprint density at radius 2 is 2.12 bits per heavy atom. The minimum atomic E-state index is -0.920. The number of aryl methyl sites for hydroxylation is 1. The van der Waals surface area contributed by atoms with Crippen LogP contribution >= 0.6 is 0 Å². The van der Waals surface area contributed by atoms with Gasteiger partial charge in [0, 0.05) is 26.2 Å². The number of hydrogen-bond acceptors (Lipinski definition) is 4. The number of halogens is 1. The van der Waals surface area contributed by atoms with Gasteiger partial charge in [-0.1, -0.05) is 12.1 Å². The first-order chi connectivity index (χ1) is 11.4. The summed E-state index contributed by atoms with van der Waals surface area (Å²) < 4.78 is 13.7. The number of aliphatic hydroxyl groups is 1. The quantitative estimate of drug-likeness (QED) is 0.817. The molecule has 3 atom stereocenters. The summed E-state index contributed by atoms with van der Waals surface area (Å²) in [6.07, 6.45) is -0.920. The summed E-state index contributed by atoms with van der Waals surface area (Å²) in [4.78, 5) is 28.2. The lowest BCUT2D eigenvalue weighted by molar-refractivity contribution is -0.156. The summed E-state index contributed by atoms with van der Waals surface area (Å²) in [7, 11) is 0. The van der Waals surface area contributed by atoms with E-state index in [0.29, 0.717) is 31.7 Å². The predicted octanol–water partition coefficient (Wildman–Crippen LogP) is 0.0261. The zero-order chi connectivity index (χ0) is 17.4. The third-order valence-electron chi connectivity index (χ3n) is 4.74. The van der Waals surface area contributed by atoms with Gasteiger partial charge in [0.2, 0.25) is 11.8 Å². The summed E-state index contributed by atoms with van der Waals surface area (Å²) in [5.41, 5.74) is 1.45. The molecule has 2 N–H and O–H groups in total. The number of nitrogens with zero attached hydrogens (tertiary/aromatic N) is 2. The highest BCUT2D eigenvalue weighted by molar-refractivity contribution is 5.97. The molecule has 0 spiro atoms. The van der Waals surface area contributed by atoms with Crippen molar-refractivity contribution in [2.45, 2.75) is 38.6 Å². The van der Waals surface area contributed by atoms with Crippen molar-refractivity contribution in [2.24, 2.45) is 0 Å². The Morgan fingerprint density at radius 3 is 2.79 bits per heavy atom. The largest absolute Gasteiger partial charge is 0.391 e. The molecule has 1 aromatic carbocycles. The molecular formula is C17H22FN3O3. The van der Waals surface area contributed by atoms with E-state index in [9.17, 15) is 19.1 Å². The number of benzene rings is 1. The maximum Gasteiger partial charge on any atom is 0.248 e. The summed E-state index contributed by atoms with van der Waals surface area (Å²) in [5, 5.41) is 12.2. The number of carbonyl (C=O) groups is 2. The molecule has 0 bridgehead atoms. The molecule has 2 saturated heterocycles. The number of hydrogen-bond donors (Lipinski definition) is 2. The SMILES string of the molecule is Cc1ccc(CN2CCN3C(=O)[C@H]([C@@H](C)O)NC(=O)[C@H]3C2)cc1F. The van der Waals surface area contributed by atoms with Crippen LogP contribution in [0.5, 0.6) is 0 Å². The molecule has 1 aromatic rings. The Bertz CT molecular complexity index is 664. The fraction of sp³-hybridized carbons (Fsp3) is 0.529. The third-order valence-corrected chi connectivity index (χ3v) is 4.74. The Hall–Kier alpha value is -1.99. The van der Waals surface area contributed by atoms with Gasteiger partial charge in [-0.3, -0.25) is 14.5 Å². The fourth-order valence-electron chi connectivity index (χ4n) is 3.28. The van der Waals surface area contributed by atoms with Crippen molar-refractivity contribution in [3.05, 3.63) is 35.1 Å². The van der Waals surface area contributed by atoms with Crippen LogP contribution in [0, 0.1) is 12.7 Å². The smallest absolute Gasteiger partial charge is 0.248 e. The number of carbonyl (C=O) groups excluding carboxylic acids is 2. The van der Waals surface area contributed by atoms with Crippen LogP contribution in [0.3, 0.4) is 0 Å². The molecule has 0 unspecified atom stereocenters. The van der Waals surface area contributed by atoms with E-state index < -0.39 is 18.2 Å². The predicted molar refractivity (Wildman–Crippen MR) is 85.5 cm³/mol. The van der Waals surface area contributed by atoms with E-state index >= 15 is 0 Å². The Labute approximate surface area is 140 Å². The van der Waals surface area contributed by atoms with Gasteiger partial charge in [0.05, 0.1) is 6.10 Å². The molecule has 2 aliphatic heterocycles. The second-order valence-corrected chi connectivity index (χ2v) is 6.59. The van der Waals surface area contributed by atoms with Crippen molar-refractivity contribution in [3.63, 3.8) is 0 Å². The Balaban J connectivity index is 1.69. The van der Waals surface area contributed by atoms with Crippen molar-refractivity contribution in [1.82, 2.24) is 15.1 Å². The Morgan fingerprint density at radius 1 is 1.38 bits per heavy atom. The second-order valence-electron chi connectivity index (χ2n) is 6.59. The topological polar surface area (TPSA) is 72.9 Å². The van der Waals surface area contributed by atoms with Crippen LogP contribution in [-0.4, -0.2) is 64.5 Å². The van der Waals surface area contributed by atoms with Crippen LogP contribution in [0.4, 0.5) is 4.39 Å². The number of fused-ring (bicyclic) bond motifs is 1. The van der Waals surface area contributed by atoms with Crippen LogP contribution in [0.1, 0.15) is 18.1 Å². The molecule has 0 radical (unpaired) electrons. The lowest BCUT2D eigenvalue weighted by Crippen LogP contribution is -2.70. The number of nitrogens with one attached hydrogen (secondary N) is 1. The number of aliphatic hydroxyl groups excluding tert-OH is 1. The summed E-state index contributed by atoms with van der Waals surface area (Å²) in [5.74, 6) is -0.729. The minimum absolute atomic E-state index is 0.239. The van der Waals surface area contributed by atoms with Crippen LogP contribution in [0.15, 0.2) is 18.2 Å². The molecule has 2 aliphatic rings. The molecule has 130 valence electrons. The van der Waals surface area contributed by atoms with Crippen LogP contribution < -0.4 is 5.32 Å². The summed E-state index contributed by atoms with van der Waals surface area (Å²) in [6, 6.07) is 3.70. The van der Waals surface area contributed by atoms with E-state index in [1.165, 1.54) is 13.0 Å². The molecule has 3 rings (SSSR count). The molecular weight excluding hydrogens is 313 g/mol. The molecule has 2 amide bonds. The number of rotatable bonds is 3. The zero-order valence-corrected chi connectivity index (χ0v) is 13.8. The minimum Gasteiger partial charge on any atom is -0.391 e. The van der Waals surface area contributed by atoms with Crippen molar-refractivity contribution in [3.8, 4) is 0 Å². The molecule has 6 nitrogen and oxygen atoms in total. The van der Waals surface area contributed by atoms with Gasteiger partial charge in [0.1, 0.15) is 17.9 Å². The van der Waals surface area contributed by atoms with Gasteiger partial charge in [-0.05, 0) is 31.0 Å². The van der Waals surface area contributed by atoms with Crippen molar-refractivity contribution < 1.29 is 19.1 Å². The normalized spacial score (nSPS) is 26.1. The van der Waals surface area contributed by atoms with E-state index in [4.69, 9.17) is 0 Å².